The molecule has 1 N–H and O–H groups in total. The van der Waals surface area contributed by atoms with Crippen LogP contribution >= 0.6 is 11.3 Å². The quantitative estimate of drug-likeness (QED) is 0.706. The Bertz CT molecular complexity index is 943. The summed E-state index contributed by atoms with van der Waals surface area (Å²) < 4.78 is 19.1. The Labute approximate surface area is 166 Å². The number of hydrogen-bond donors (Lipinski definition) is 1. The van der Waals surface area contributed by atoms with Crippen LogP contribution in [0.25, 0.3) is 0 Å². The van der Waals surface area contributed by atoms with Gasteiger partial charge in [-0.3, -0.25) is 0 Å². The predicted octanol–water partition coefficient (Wildman–Crippen LogP) is 4.43. The second-order valence-corrected chi connectivity index (χ2v) is 7.15. The van der Waals surface area contributed by atoms with Crippen LogP contribution in [0.2, 0.25) is 0 Å². The number of ether oxygens (including phenoxy) is 1. The van der Waals surface area contributed by atoms with Gasteiger partial charge in [0.05, 0.1) is 5.69 Å². The van der Waals surface area contributed by atoms with E-state index < -0.39 is 0 Å². The van der Waals surface area contributed by atoms with E-state index in [0.29, 0.717) is 30.3 Å². The number of halogens is 1. The fourth-order valence-corrected chi connectivity index (χ4v) is 3.68. The van der Waals surface area contributed by atoms with Gasteiger partial charge in [-0.25, -0.2) is 14.2 Å². The maximum absolute atomic E-state index is 13.4. The molecule has 1 fully saturated rings. The number of piperazine rings is 1. The average Bonchev–Trinajstić information content (AvgIpc) is 3.24. The van der Waals surface area contributed by atoms with Gasteiger partial charge in [-0.05, 0) is 24.3 Å². The molecule has 0 aliphatic carbocycles. The van der Waals surface area contributed by atoms with Crippen LogP contribution in [-0.2, 0) is 0 Å². The topological polar surface area (TPSA) is 57.7 Å². The Balaban J connectivity index is 1.40. The van der Waals surface area contributed by atoms with Crippen molar-refractivity contribution in [3.8, 4) is 11.5 Å². The van der Waals surface area contributed by atoms with E-state index in [1.807, 2.05) is 11.4 Å². The van der Waals surface area contributed by atoms with Gasteiger partial charge in [-0.2, -0.15) is 0 Å². The molecular weight excluding hydrogens is 379 g/mol. The van der Waals surface area contributed by atoms with Crippen molar-refractivity contribution in [1.82, 2.24) is 9.88 Å². The molecule has 144 valence electrons. The van der Waals surface area contributed by atoms with E-state index in [-0.39, 0.29) is 11.8 Å². The molecule has 0 bridgehead atoms. The molecule has 1 aliphatic heterocycles. The van der Waals surface area contributed by atoms with Crippen molar-refractivity contribution in [3.63, 3.8) is 0 Å². The molecular formula is C20H19FN4O2S. The molecule has 2 amide bonds. The van der Waals surface area contributed by atoms with Crippen LogP contribution < -0.4 is 15.0 Å². The van der Waals surface area contributed by atoms with Gasteiger partial charge >= 0.3 is 6.03 Å². The third kappa shape index (κ3) is 4.23. The zero-order chi connectivity index (χ0) is 19.3. The summed E-state index contributed by atoms with van der Waals surface area (Å²) in [7, 11) is 0. The van der Waals surface area contributed by atoms with Crippen molar-refractivity contribution in [1.29, 1.82) is 0 Å². The third-order valence-electron chi connectivity index (χ3n) is 4.41. The van der Waals surface area contributed by atoms with E-state index in [2.05, 4.69) is 15.2 Å². The maximum atomic E-state index is 13.4. The van der Waals surface area contributed by atoms with Crippen molar-refractivity contribution >= 4 is 28.2 Å². The Morgan fingerprint density at radius 1 is 1.11 bits per heavy atom. The van der Waals surface area contributed by atoms with Crippen molar-refractivity contribution in [2.45, 2.75) is 0 Å². The van der Waals surface area contributed by atoms with Crippen LogP contribution in [0.15, 0.2) is 60.1 Å². The number of aromatic nitrogens is 1. The highest BCUT2D eigenvalue weighted by Crippen LogP contribution is 2.30. The lowest BCUT2D eigenvalue weighted by atomic mass is 10.2. The number of nitrogens with one attached hydrogen (secondary N) is 1. The van der Waals surface area contributed by atoms with Crippen LogP contribution in [0.4, 0.5) is 20.0 Å². The first-order chi connectivity index (χ1) is 13.7. The first kappa shape index (κ1) is 18.2. The molecule has 6 nitrogen and oxygen atoms in total. The predicted molar refractivity (Wildman–Crippen MR) is 108 cm³/mol. The molecule has 1 aromatic heterocycles. The maximum Gasteiger partial charge on any atom is 0.322 e. The zero-order valence-electron chi connectivity index (χ0n) is 15.0. The monoisotopic (exact) mass is 398 g/mol. The van der Waals surface area contributed by atoms with Crippen molar-refractivity contribution < 1.29 is 13.9 Å². The minimum atomic E-state index is -0.378. The number of thiazole rings is 1. The number of benzene rings is 2. The molecule has 2 aromatic carbocycles. The largest absolute Gasteiger partial charge is 0.455 e. The molecule has 4 rings (SSSR count). The molecule has 0 spiro atoms. The first-order valence-corrected chi connectivity index (χ1v) is 9.80. The lowest BCUT2D eigenvalue weighted by Crippen LogP contribution is -2.50. The second-order valence-electron chi connectivity index (χ2n) is 6.27. The van der Waals surface area contributed by atoms with E-state index in [1.54, 1.807) is 52.8 Å². The van der Waals surface area contributed by atoms with Crippen LogP contribution in [0.1, 0.15) is 0 Å². The van der Waals surface area contributed by atoms with Crippen LogP contribution in [0.3, 0.4) is 0 Å². The fourth-order valence-electron chi connectivity index (χ4n) is 2.98. The van der Waals surface area contributed by atoms with Gasteiger partial charge in [-0.15, -0.1) is 11.3 Å². The average molecular weight is 398 g/mol. The third-order valence-corrected chi connectivity index (χ3v) is 5.24. The molecule has 8 heteroatoms. The summed E-state index contributed by atoms with van der Waals surface area (Å²) in [6.45, 7) is 2.70. The number of rotatable bonds is 4. The first-order valence-electron chi connectivity index (χ1n) is 8.92. The number of anilines is 2. The van der Waals surface area contributed by atoms with E-state index in [4.69, 9.17) is 4.74 Å². The van der Waals surface area contributed by atoms with Gasteiger partial charge in [0, 0.05) is 43.8 Å². The smallest absolute Gasteiger partial charge is 0.322 e. The van der Waals surface area contributed by atoms with Crippen LogP contribution in [0.5, 0.6) is 11.5 Å². The number of amides is 2. The molecule has 3 aromatic rings. The van der Waals surface area contributed by atoms with Crippen LogP contribution in [0, 0.1) is 5.82 Å². The highest BCUT2D eigenvalue weighted by molar-refractivity contribution is 7.13. The highest BCUT2D eigenvalue weighted by Gasteiger charge is 2.23. The number of urea groups is 1. The van der Waals surface area contributed by atoms with Crippen molar-refractivity contribution in [3.05, 3.63) is 65.9 Å². The summed E-state index contributed by atoms with van der Waals surface area (Å²) >= 11 is 1.60. The lowest BCUT2D eigenvalue weighted by Gasteiger charge is -2.34. The zero-order valence-corrected chi connectivity index (χ0v) is 15.9. The van der Waals surface area contributed by atoms with Crippen LogP contribution in [-0.4, -0.2) is 42.1 Å². The Morgan fingerprint density at radius 3 is 2.68 bits per heavy atom. The van der Waals surface area contributed by atoms with E-state index in [9.17, 15) is 9.18 Å². The Morgan fingerprint density at radius 2 is 1.93 bits per heavy atom. The molecule has 0 radical (unpaired) electrons. The SMILES string of the molecule is O=C(Nc1ccccc1Oc1cccc(F)c1)N1CCN(c2nccs2)CC1. The summed E-state index contributed by atoms with van der Waals surface area (Å²) in [5.74, 6) is 0.457. The van der Waals surface area contributed by atoms with Crippen molar-refractivity contribution in [2.24, 2.45) is 0 Å². The van der Waals surface area contributed by atoms with E-state index in [1.165, 1.54) is 12.1 Å². The number of nitrogens with zero attached hydrogens (tertiary/aromatic N) is 3. The summed E-state index contributed by atoms with van der Waals surface area (Å²) in [6, 6.07) is 12.8. The number of carbonyl (C=O) groups is 1. The Kier molecular flexibility index (Phi) is 5.38. The molecule has 0 unspecified atom stereocenters. The minimum Gasteiger partial charge on any atom is -0.455 e. The lowest BCUT2D eigenvalue weighted by molar-refractivity contribution is 0.208. The molecule has 2 heterocycles. The normalized spacial score (nSPS) is 14.0. The second kappa shape index (κ2) is 8.26. The number of hydrogen-bond acceptors (Lipinski definition) is 5. The van der Waals surface area contributed by atoms with Gasteiger partial charge < -0.3 is 19.9 Å². The number of carbonyl (C=O) groups excluding carboxylic acids is 1. The van der Waals surface area contributed by atoms with E-state index >= 15 is 0 Å². The van der Waals surface area contributed by atoms with Gasteiger partial charge in [0.15, 0.2) is 10.9 Å². The summed E-state index contributed by atoms with van der Waals surface area (Å²) in [5.41, 5.74) is 0.541. The van der Waals surface area contributed by atoms with Gasteiger partial charge in [-0.1, -0.05) is 18.2 Å². The minimum absolute atomic E-state index is 0.186. The molecule has 0 atom stereocenters. The summed E-state index contributed by atoms with van der Waals surface area (Å²) in [5, 5.41) is 5.83. The highest BCUT2D eigenvalue weighted by atomic mass is 32.1. The fraction of sp³-hybridized carbons (Fsp3) is 0.200. The molecule has 1 aliphatic rings. The summed E-state index contributed by atoms with van der Waals surface area (Å²) in [4.78, 5) is 20.9. The van der Waals surface area contributed by atoms with Gasteiger partial charge in [0.1, 0.15) is 11.6 Å². The van der Waals surface area contributed by atoms with Gasteiger partial charge in [0.2, 0.25) is 0 Å². The standard InChI is InChI=1S/C20H19FN4O2S/c21-15-4-3-5-16(14-15)27-18-7-2-1-6-17(18)23-19(26)24-9-11-25(12-10-24)20-22-8-13-28-20/h1-8,13-14H,9-12H2,(H,23,26). The summed E-state index contributed by atoms with van der Waals surface area (Å²) in [6.07, 6.45) is 1.79. The number of para-hydroxylation sites is 2. The molecule has 1 saturated heterocycles. The van der Waals surface area contributed by atoms with Gasteiger partial charge in [0.25, 0.3) is 0 Å². The van der Waals surface area contributed by atoms with Crippen molar-refractivity contribution in [2.75, 3.05) is 36.4 Å². The molecule has 0 saturated carbocycles. The Hall–Kier alpha value is -3.13. The van der Waals surface area contributed by atoms with E-state index in [0.717, 1.165) is 18.2 Å². The molecule has 28 heavy (non-hydrogen) atoms.